The summed E-state index contributed by atoms with van der Waals surface area (Å²) in [6.45, 7) is 2.18. The molecule has 1 unspecified atom stereocenters. The number of nitro benzene ring substituents is 1. The number of amides is 2. The van der Waals surface area contributed by atoms with E-state index in [1.54, 1.807) is 0 Å². The molecule has 0 saturated carbocycles. The number of carbonyl (C=O) groups is 3. The summed E-state index contributed by atoms with van der Waals surface area (Å²) < 4.78 is 10.2. The summed E-state index contributed by atoms with van der Waals surface area (Å²) in [4.78, 5) is 47.3. The number of benzene rings is 1. The molecule has 2 rings (SSSR count). The topological polar surface area (TPSA) is 128 Å². The van der Waals surface area contributed by atoms with Crippen LogP contribution in [0.25, 0.3) is 0 Å². The lowest BCUT2D eigenvalue weighted by molar-refractivity contribution is -0.384. The summed E-state index contributed by atoms with van der Waals surface area (Å²) in [7, 11) is 0. The van der Waals surface area contributed by atoms with Gasteiger partial charge in [-0.2, -0.15) is 0 Å². The second kappa shape index (κ2) is 9.28. The summed E-state index contributed by atoms with van der Waals surface area (Å²) in [6, 6.07) is 3.51. The van der Waals surface area contributed by atoms with E-state index < -0.39 is 35.6 Å². The molecule has 10 nitrogen and oxygen atoms in total. The van der Waals surface area contributed by atoms with Gasteiger partial charge in [-0.05, 0) is 19.1 Å². The minimum Gasteiger partial charge on any atom is -0.454 e. The summed E-state index contributed by atoms with van der Waals surface area (Å²) >= 11 is 5.68. The molecule has 1 atom stereocenters. The van der Waals surface area contributed by atoms with Crippen molar-refractivity contribution in [2.45, 2.75) is 13.0 Å². The monoisotopic (exact) mass is 399 g/mol. The van der Waals surface area contributed by atoms with Crippen molar-refractivity contribution in [1.29, 1.82) is 0 Å². The van der Waals surface area contributed by atoms with Crippen LogP contribution in [0.5, 0.6) is 0 Å². The highest BCUT2D eigenvalue weighted by atomic mass is 35.5. The van der Waals surface area contributed by atoms with Crippen LogP contribution >= 0.6 is 11.6 Å². The van der Waals surface area contributed by atoms with Gasteiger partial charge in [-0.15, -0.1) is 0 Å². The van der Waals surface area contributed by atoms with Crippen LogP contribution in [-0.2, 0) is 19.1 Å². The van der Waals surface area contributed by atoms with Gasteiger partial charge in [-0.1, -0.05) is 11.6 Å². The van der Waals surface area contributed by atoms with Crippen molar-refractivity contribution in [2.24, 2.45) is 0 Å². The van der Waals surface area contributed by atoms with Crippen LogP contribution in [0.2, 0.25) is 5.02 Å². The quantitative estimate of drug-likeness (QED) is 0.425. The molecule has 0 aromatic heterocycles. The smallest absolute Gasteiger partial charge is 0.325 e. The minimum atomic E-state index is -0.804. The second-order valence-corrected chi connectivity index (χ2v) is 6.20. The average Bonchev–Trinajstić information content (AvgIpc) is 2.64. The van der Waals surface area contributed by atoms with Gasteiger partial charge in [0, 0.05) is 24.7 Å². The van der Waals surface area contributed by atoms with Gasteiger partial charge in [-0.3, -0.25) is 24.5 Å². The molecule has 0 spiro atoms. The number of nitrogens with one attached hydrogen (secondary N) is 1. The van der Waals surface area contributed by atoms with Crippen molar-refractivity contribution >= 4 is 35.1 Å². The number of carbonyl (C=O) groups excluding carboxylic acids is 3. The van der Waals surface area contributed by atoms with Crippen LogP contribution in [-0.4, -0.2) is 66.6 Å². The summed E-state index contributed by atoms with van der Waals surface area (Å²) in [5, 5.41) is 13.0. The van der Waals surface area contributed by atoms with Gasteiger partial charge >= 0.3 is 5.97 Å². The average molecular weight is 400 g/mol. The number of ether oxygens (including phenoxy) is 2. The third-order valence-electron chi connectivity index (χ3n) is 3.75. The van der Waals surface area contributed by atoms with Gasteiger partial charge in [0.15, 0.2) is 6.61 Å². The van der Waals surface area contributed by atoms with Crippen molar-refractivity contribution in [3.05, 3.63) is 38.9 Å². The van der Waals surface area contributed by atoms with Crippen LogP contribution in [0.3, 0.4) is 0 Å². The Morgan fingerprint density at radius 3 is 2.85 bits per heavy atom. The number of hydrogen-bond acceptors (Lipinski definition) is 7. The Labute approximate surface area is 159 Å². The highest BCUT2D eigenvalue weighted by Crippen LogP contribution is 2.24. The lowest BCUT2D eigenvalue weighted by Crippen LogP contribution is -2.46. The number of nitrogens with zero attached hydrogens (tertiary/aromatic N) is 2. The molecule has 2 amide bonds. The van der Waals surface area contributed by atoms with E-state index in [1.165, 1.54) is 17.0 Å². The predicted molar refractivity (Wildman–Crippen MR) is 93.4 cm³/mol. The normalized spacial score (nSPS) is 16.5. The number of hydrogen-bond donors (Lipinski definition) is 1. The molecule has 1 aliphatic heterocycles. The van der Waals surface area contributed by atoms with E-state index >= 15 is 0 Å². The third kappa shape index (κ3) is 5.90. The van der Waals surface area contributed by atoms with E-state index in [1.807, 2.05) is 6.92 Å². The van der Waals surface area contributed by atoms with Crippen LogP contribution in [0.4, 0.5) is 5.69 Å². The Balaban J connectivity index is 1.79. The summed E-state index contributed by atoms with van der Waals surface area (Å²) in [6.07, 6.45) is -0.0823. The van der Waals surface area contributed by atoms with Crippen molar-refractivity contribution in [1.82, 2.24) is 10.2 Å². The zero-order chi connectivity index (χ0) is 20.0. The van der Waals surface area contributed by atoms with Crippen LogP contribution in [0.1, 0.15) is 17.3 Å². The Bertz CT molecular complexity index is 756. The molecular formula is C16H18ClN3O7. The first-order valence-corrected chi connectivity index (χ1v) is 8.43. The largest absolute Gasteiger partial charge is 0.454 e. The molecule has 1 N–H and O–H groups in total. The van der Waals surface area contributed by atoms with E-state index in [0.717, 1.165) is 6.07 Å². The molecule has 1 aromatic rings. The maximum absolute atomic E-state index is 12.0. The molecule has 146 valence electrons. The zero-order valence-corrected chi connectivity index (χ0v) is 15.2. The maximum atomic E-state index is 12.0. The third-order valence-corrected chi connectivity index (χ3v) is 4.07. The first-order valence-electron chi connectivity index (χ1n) is 8.05. The minimum absolute atomic E-state index is 0.0303. The van der Waals surface area contributed by atoms with Gasteiger partial charge in [0.2, 0.25) is 0 Å². The number of morpholine rings is 1. The van der Waals surface area contributed by atoms with Crippen molar-refractivity contribution in [3.8, 4) is 0 Å². The summed E-state index contributed by atoms with van der Waals surface area (Å²) in [5.41, 5.74) is -0.450. The molecule has 0 radical (unpaired) electrons. The Hall–Kier alpha value is -2.72. The van der Waals surface area contributed by atoms with Crippen molar-refractivity contribution in [2.75, 3.05) is 32.8 Å². The fourth-order valence-electron chi connectivity index (χ4n) is 2.38. The Kier molecular flexibility index (Phi) is 7.08. The molecule has 1 aromatic carbocycles. The first-order chi connectivity index (χ1) is 12.8. The number of esters is 1. The van der Waals surface area contributed by atoms with Gasteiger partial charge < -0.3 is 19.7 Å². The van der Waals surface area contributed by atoms with E-state index in [2.05, 4.69) is 5.32 Å². The van der Waals surface area contributed by atoms with Gasteiger partial charge in [-0.25, -0.2) is 0 Å². The highest BCUT2D eigenvalue weighted by Gasteiger charge is 2.22. The van der Waals surface area contributed by atoms with E-state index in [-0.39, 0.29) is 22.6 Å². The molecule has 1 aliphatic rings. The molecule has 1 fully saturated rings. The molecule has 0 aliphatic carbocycles. The van der Waals surface area contributed by atoms with Gasteiger partial charge in [0.05, 0.1) is 17.6 Å². The first kappa shape index (κ1) is 20.6. The maximum Gasteiger partial charge on any atom is 0.325 e. The van der Waals surface area contributed by atoms with E-state index in [0.29, 0.717) is 19.7 Å². The second-order valence-electron chi connectivity index (χ2n) is 5.79. The zero-order valence-electron chi connectivity index (χ0n) is 14.5. The highest BCUT2D eigenvalue weighted by molar-refractivity contribution is 6.32. The molecule has 0 bridgehead atoms. The van der Waals surface area contributed by atoms with Crippen molar-refractivity contribution in [3.63, 3.8) is 0 Å². The fourth-order valence-corrected chi connectivity index (χ4v) is 2.56. The Morgan fingerprint density at radius 2 is 2.19 bits per heavy atom. The lowest BCUT2D eigenvalue weighted by atomic mass is 10.2. The molecule has 1 saturated heterocycles. The Morgan fingerprint density at radius 1 is 1.44 bits per heavy atom. The number of halogens is 1. The van der Waals surface area contributed by atoms with Crippen molar-refractivity contribution < 1.29 is 28.8 Å². The van der Waals surface area contributed by atoms with Gasteiger partial charge in [0.1, 0.15) is 11.6 Å². The van der Waals surface area contributed by atoms with E-state index in [4.69, 9.17) is 21.1 Å². The summed E-state index contributed by atoms with van der Waals surface area (Å²) in [5.74, 6) is -1.86. The van der Waals surface area contributed by atoms with Gasteiger partial charge in [0.25, 0.3) is 17.5 Å². The van der Waals surface area contributed by atoms with Crippen LogP contribution in [0.15, 0.2) is 18.2 Å². The predicted octanol–water partition coefficient (Wildman–Crippen LogP) is 0.769. The molecule has 11 heteroatoms. The number of nitro groups is 1. The fraction of sp³-hybridized carbons (Fsp3) is 0.438. The number of rotatable bonds is 6. The van der Waals surface area contributed by atoms with E-state index in [9.17, 15) is 24.5 Å². The molecule has 1 heterocycles. The SMILES string of the molecule is CC1CN(C(=O)COC(=O)CNC(=O)c2ccc(Cl)c([N+](=O)[O-])c2)CCO1. The van der Waals surface area contributed by atoms with Crippen LogP contribution in [0, 0.1) is 10.1 Å². The molecule has 27 heavy (non-hydrogen) atoms. The molecular weight excluding hydrogens is 382 g/mol. The lowest BCUT2D eigenvalue weighted by Gasteiger charge is -2.30. The standard InChI is InChI=1S/C16H18ClN3O7/c1-10-8-19(4-5-26-10)14(21)9-27-15(22)7-18-16(23)11-2-3-12(17)13(6-11)20(24)25/h2-3,6,10H,4-5,7-9H2,1H3,(H,18,23). The van der Waals surface area contributed by atoms with Crippen LogP contribution < -0.4 is 5.32 Å².